The Morgan fingerprint density at radius 3 is 2.84 bits per heavy atom. The maximum absolute atomic E-state index is 11.8. The summed E-state index contributed by atoms with van der Waals surface area (Å²) in [5.41, 5.74) is -0.110. The first-order valence-electron chi connectivity index (χ1n) is 5.19. The monoisotopic (exact) mass is 263 g/mol. The van der Waals surface area contributed by atoms with Crippen LogP contribution in [0.15, 0.2) is 28.9 Å². The van der Waals surface area contributed by atoms with E-state index < -0.39 is 10.8 Å². The molecule has 0 saturated heterocycles. The highest BCUT2D eigenvalue weighted by molar-refractivity contribution is 6.05. The van der Waals surface area contributed by atoms with Gasteiger partial charge in [-0.2, -0.15) is 0 Å². The van der Waals surface area contributed by atoms with Crippen molar-refractivity contribution in [3.8, 4) is 5.75 Å². The lowest BCUT2D eigenvalue weighted by atomic mass is 10.2. The summed E-state index contributed by atoms with van der Waals surface area (Å²) in [5, 5.41) is 26.0. The fourth-order valence-corrected chi connectivity index (χ4v) is 1.44. The van der Waals surface area contributed by atoms with Crippen LogP contribution in [0.1, 0.15) is 16.1 Å². The number of nitrogens with one attached hydrogen (secondary N) is 1. The summed E-state index contributed by atoms with van der Waals surface area (Å²) in [6, 6.07) is 3.33. The minimum Gasteiger partial charge on any atom is -0.506 e. The number of carbonyl (C=O) groups is 1. The number of nitro benzene ring substituents is 1. The summed E-state index contributed by atoms with van der Waals surface area (Å²) < 4.78 is 4.73. The molecule has 0 spiro atoms. The number of hydrogen-bond donors (Lipinski definition) is 2. The van der Waals surface area contributed by atoms with E-state index in [0.29, 0.717) is 5.76 Å². The minimum absolute atomic E-state index is 0.0557. The van der Waals surface area contributed by atoms with Crippen molar-refractivity contribution in [3.05, 3.63) is 45.8 Å². The number of phenols is 1. The molecule has 0 aliphatic heterocycles. The van der Waals surface area contributed by atoms with Crippen LogP contribution in [-0.4, -0.2) is 21.1 Å². The Morgan fingerprint density at radius 1 is 1.53 bits per heavy atom. The molecule has 0 bridgehead atoms. The number of non-ortho nitro benzene ring substituents is 1. The molecule has 0 fully saturated rings. The van der Waals surface area contributed by atoms with Crippen molar-refractivity contribution in [1.82, 2.24) is 5.16 Å². The Morgan fingerprint density at radius 2 is 2.26 bits per heavy atom. The highest BCUT2D eigenvalue weighted by Crippen LogP contribution is 2.28. The minimum atomic E-state index is -0.625. The molecule has 0 aliphatic carbocycles. The summed E-state index contributed by atoms with van der Waals surface area (Å²) in [6.45, 7) is 1.55. The number of anilines is 1. The average Bonchev–Trinajstić information content (AvgIpc) is 2.78. The standard InChI is InChI=1S/C11H9N3O5/c1-6-8(5-12-19-6)11(16)13-9-4-7(14(17)18)2-3-10(9)15/h2-5,15H,1H3,(H,13,16). The van der Waals surface area contributed by atoms with E-state index in [9.17, 15) is 20.0 Å². The molecule has 0 unspecified atom stereocenters. The van der Waals surface area contributed by atoms with Gasteiger partial charge in [-0.15, -0.1) is 0 Å². The summed E-state index contributed by atoms with van der Waals surface area (Å²) in [7, 11) is 0. The fraction of sp³-hybridized carbons (Fsp3) is 0.0909. The maximum atomic E-state index is 11.8. The topological polar surface area (TPSA) is 119 Å². The van der Waals surface area contributed by atoms with Crippen molar-refractivity contribution >= 4 is 17.3 Å². The highest BCUT2D eigenvalue weighted by atomic mass is 16.6. The molecule has 8 nitrogen and oxygen atoms in total. The maximum Gasteiger partial charge on any atom is 0.271 e. The Kier molecular flexibility index (Phi) is 3.15. The van der Waals surface area contributed by atoms with Crippen LogP contribution in [0.25, 0.3) is 0 Å². The third-order valence-corrected chi connectivity index (χ3v) is 2.43. The number of amides is 1. The number of nitrogens with zero attached hydrogens (tertiary/aromatic N) is 2. The van der Waals surface area contributed by atoms with Gasteiger partial charge in [0.2, 0.25) is 0 Å². The molecule has 0 aliphatic rings. The molecule has 19 heavy (non-hydrogen) atoms. The number of nitro groups is 1. The van der Waals surface area contributed by atoms with E-state index in [1.54, 1.807) is 6.92 Å². The first kappa shape index (κ1) is 12.6. The molecule has 2 rings (SSSR count). The molecule has 1 aromatic carbocycles. The zero-order chi connectivity index (χ0) is 14.0. The zero-order valence-electron chi connectivity index (χ0n) is 9.78. The van der Waals surface area contributed by atoms with E-state index in [4.69, 9.17) is 4.52 Å². The first-order chi connectivity index (χ1) is 8.99. The van der Waals surface area contributed by atoms with Gasteiger partial charge >= 0.3 is 0 Å². The van der Waals surface area contributed by atoms with Crippen LogP contribution in [0, 0.1) is 17.0 Å². The molecule has 2 aromatic rings. The van der Waals surface area contributed by atoms with Crippen LogP contribution in [-0.2, 0) is 0 Å². The molecule has 1 aromatic heterocycles. The summed E-state index contributed by atoms with van der Waals surface area (Å²) >= 11 is 0. The van der Waals surface area contributed by atoms with Gasteiger partial charge in [0.25, 0.3) is 11.6 Å². The summed E-state index contributed by atoms with van der Waals surface area (Å²) in [6.07, 6.45) is 1.22. The lowest BCUT2D eigenvalue weighted by Crippen LogP contribution is -2.12. The smallest absolute Gasteiger partial charge is 0.271 e. The van der Waals surface area contributed by atoms with Crippen LogP contribution < -0.4 is 5.32 Å². The van der Waals surface area contributed by atoms with Crippen LogP contribution in [0.3, 0.4) is 0 Å². The van der Waals surface area contributed by atoms with E-state index in [2.05, 4.69) is 10.5 Å². The molecule has 0 saturated carbocycles. The van der Waals surface area contributed by atoms with Crippen molar-refractivity contribution in [2.75, 3.05) is 5.32 Å². The lowest BCUT2D eigenvalue weighted by Gasteiger charge is -2.05. The van der Waals surface area contributed by atoms with Gasteiger partial charge in [-0.1, -0.05) is 5.16 Å². The number of phenolic OH excluding ortho intramolecular Hbond substituents is 1. The van der Waals surface area contributed by atoms with Gasteiger partial charge in [0.15, 0.2) is 0 Å². The molecule has 8 heteroatoms. The van der Waals surface area contributed by atoms with Crippen LogP contribution in [0.2, 0.25) is 0 Å². The second kappa shape index (κ2) is 4.77. The van der Waals surface area contributed by atoms with Gasteiger partial charge in [0.05, 0.1) is 16.8 Å². The number of aromatic hydroxyl groups is 1. The van der Waals surface area contributed by atoms with Crippen molar-refractivity contribution in [3.63, 3.8) is 0 Å². The molecule has 0 atom stereocenters. The molecule has 0 radical (unpaired) electrons. The Labute approximate surface area is 106 Å². The van der Waals surface area contributed by atoms with E-state index in [1.807, 2.05) is 0 Å². The number of aryl methyl sites for hydroxylation is 1. The first-order valence-corrected chi connectivity index (χ1v) is 5.19. The third kappa shape index (κ3) is 2.51. The van der Waals surface area contributed by atoms with Gasteiger partial charge in [-0.05, 0) is 13.0 Å². The zero-order valence-corrected chi connectivity index (χ0v) is 9.78. The molecule has 98 valence electrons. The van der Waals surface area contributed by atoms with Crippen LogP contribution >= 0.6 is 0 Å². The lowest BCUT2D eigenvalue weighted by molar-refractivity contribution is -0.384. The SMILES string of the molecule is Cc1oncc1C(=O)Nc1cc([N+](=O)[O-])ccc1O. The predicted octanol–water partition coefficient (Wildman–Crippen LogP) is 1.85. The summed E-state index contributed by atoms with van der Waals surface area (Å²) in [4.78, 5) is 21.8. The van der Waals surface area contributed by atoms with E-state index >= 15 is 0 Å². The fourth-order valence-electron chi connectivity index (χ4n) is 1.44. The Bertz CT molecular complexity index is 650. The van der Waals surface area contributed by atoms with Crippen molar-refractivity contribution in [1.29, 1.82) is 0 Å². The highest BCUT2D eigenvalue weighted by Gasteiger charge is 2.16. The molecule has 1 heterocycles. The van der Waals surface area contributed by atoms with Crippen LogP contribution in [0.5, 0.6) is 5.75 Å². The number of carbonyl (C=O) groups excluding carboxylic acids is 1. The average molecular weight is 263 g/mol. The second-order valence-electron chi connectivity index (χ2n) is 3.71. The Hall–Kier alpha value is -2.90. The van der Waals surface area contributed by atoms with Crippen molar-refractivity contribution in [2.24, 2.45) is 0 Å². The molecule has 2 N–H and O–H groups in total. The number of benzene rings is 1. The second-order valence-corrected chi connectivity index (χ2v) is 3.71. The van der Waals surface area contributed by atoms with Gasteiger partial charge in [-0.3, -0.25) is 14.9 Å². The van der Waals surface area contributed by atoms with Crippen molar-refractivity contribution < 1.29 is 19.3 Å². The van der Waals surface area contributed by atoms with Crippen molar-refractivity contribution in [2.45, 2.75) is 6.92 Å². The largest absolute Gasteiger partial charge is 0.506 e. The van der Waals surface area contributed by atoms with Gasteiger partial charge in [-0.25, -0.2) is 0 Å². The quantitative estimate of drug-likeness (QED) is 0.495. The molecule has 1 amide bonds. The van der Waals surface area contributed by atoms with Gasteiger partial charge in [0, 0.05) is 12.1 Å². The predicted molar refractivity (Wildman–Crippen MR) is 64.0 cm³/mol. The Balaban J connectivity index is 2.28. The third-order valence-electron chi connectivity index (χ3n) is 2.43. The van der Waals surface area contributed by atoms with Gasteiger partial charge < -0.3 is 14.9 Å². The number of aromatic nitrogens is 1. The number of hydrogen-bond acceptors (Lipinski definition) is 6. The van der Waals surface area contributed by atoms with Gasteiger partial charge in [0.1, 0.15) is 17.1 Å². The summed E-state index contributed by atoms with van der Waals surface area (Å²) in [5.74, 6) is -0.537. The van der Waals surface area contributed by atoms with E-state index in [-0.39, 0.29) is 22.7 Å². The normalized spacial score (nSPS) is 10.2. The van der Waals surface area contributed by atoms with E-state index in [0.717, 1.165) is 18.2 Å². The molecular formula is C11H9N3O5. The van der Waals surface area contributed by atoms with Crippen LogP contribution in [0.4, 0.5) is 11.4 Å². The number of rotatable bonds is 3. The molecular weight excluding hydrogens is 254 g/mol. The van der Waals surface area contributed by atoms with E-state index in [1.165, 1.54) is 6.20 Å².